The molecular weight excluding hydrogens is 452 g/mol. The molecule has 0 aromatic heterocycles. The van der Waals surface area contributed by atoms with Crippen LogP contribution in [0, 0.1) is 0 Å². The Hall–Kier alpha value is -1.42. The number of benzene rings is 2. The van der Waals surface area contributed by atoms with Crippen LogP contribution in [0.1, 0.15) is 13.3 Å². The van der Waals surface area contributed by atoms with Crippen LogP contribution in [-0.4, -0.2) is 42.7 Å². The van der Waals surface area contributed by atoms with Gasteiger partial charge in [-0.3, -0.25) is 0 Å². The Morgan fingerprint density at radius 1 is 1.04 bits per heavy atom. The van der Waals surface area contributed by atoms with Crippen molar-refractivity contribution in [3.8, 4) is 0 Å². The van der Waals surface area contributed by atoms with Crippen molar-refractivity contribution in [3.63, 3.8) is 0 Å². The third-order valence-corrected chi connectivity index (χ3v) is 7.59. The van der Waals surface area contributed by atoms with Crippen molar-refractivity contribution in [2.24, 2.45) is 0 Å². The average molecular weight is 475 g/mol. The molecule has 0 saturated heterocycles. The Morgan fingerprint density at radius 3 is 2.30 bits per heavy atom. The normalized spacial score (nSPS) is 12.1. The number of halogens is 1. The predicted octanol–water partition coefficient (Wildman–Crippen LogP) is 3.05. The van der Waals surface area contributed by atoms with Crippen LogP contribution in [0.25, 0.3) is 0 Å². The molecule has 0 fully saturated rings. The van der Waals surface area contributed by atoms with Gasteiger partial charge in [0, 0.05) is 36.1 Å². The molecule has 0 radical (unpaired) electrons. The Bertz CT molecular complexity index is 978. The Morgan fingerprint density at radius 2 is 1.70 bits per heavy atom. The van der Waals surface area contributed by atoms with Crippen LogP contribution >= 0.6 is 15.9 Å². The second-order valence-electron chi connectivity index (χ2n) is 6.03. The molecule has 27 heavy (non-hydrogen) atoms. The number of sulfonamides is 1. The van der Waals surface area contributed by atoms with Gasteiger partial charge < -0.3 is 4.90 Å². The smallest absolute Gasteiger partial charge is 0.241 e. The first-order chi connectivity index (χ1) is 12.6. The molecule has 0 aliphatic rings. The zero-order valence-corrected chi connectivity index (χ0v) is 18.4. The summed E-state index contributed by atoms with van der Waals surface area (Å²) in [5.41, 5.74) is 1.09. The molecule has 0 unspecified atom stereocenters. The van der Waals surface area contributed by atoms with Crippen LogP contribution in [0.5, 0.6) is 0 Å². The van der Waals surface area contributed by atoms with E-state index < -0.39 is 19.9 Å². The van der Waals surface area contributed by atoms with E-state index in [4.69, 9.17) is 0 Å². The molecule has 0 spiro atoms. The molecule has 148 valence electrons. The van der Waals surface area contributed by atoms with Crippen molar-refractivity contribution < 1.29 is 16.8 Å². The zero-order valence-electron chi connectivity index (χ0n) is 15.2. The summed E-state index contributed by atoms with van der Waals surface area (Å²) in [4.78, 5) is 2.04. The molecule has 0 heterocycles. The lowest BCUT2D eigenvalue weighted by molar-refractivity contribution is 0.577. The van der Waals surface area contributed by atoms with E-state index in [2.05, 4.69) is 25.6 Å². The van der Waals surface area contributed by atoms with E-state index in [9.17, 15) is 16.8 Å². The quantitative estimate of drug-likeness (QED) is 0.564. The van der Waals surface area contributed by atoms with Gasteiger partial charge in [-0.2, -0.15) is 0 Å². The topological polar surface area (TPSA) is 83.6 Å². The van der Waals surface area contributed by atoms with E-state index in [1.165, 1.54) is 18.2 Å². The minimum atomic E-state index is -3.82. The van der Waals surface area contributed by atoms with Crippen molar-refractivity contribution in [2.75, 3.05) is 30.8 Å². The Kier molecular flexibility index (Phi) is 7.44. The monoisotopic (exact) mass is 474 g/mol. The summed E-state index contributed by atoms with van der Waals surface area (Å²) in [7, 11) is -7.32. The van der Waals surface area contributed by atoms with Gasteiger partial charge in [-0.05, 0) is 59.6 Å². The fraction of sp³-hybridized carbons (Fsp3) is 0.333. The number of hydrogen-bond acceptors (Lipinski definition) is 5. The molecule has 0 aliphatic heterocycles. The number of hydrogen-bond donors (Lipinski definition) is 1. The van der Waals surface area contributed by atoms with Gasteiger partial charge in [0.05, 0.1) is 9.79 Å². The molecule has 1 N–H and O–H groups in total. The van der Waals surface area contributed by atoms with E-state index >= 15 is 0 Å². The molecule has 9 heteroatoms. The number of nitrogens with one attached hydrogen (secondary N) is 1. The largest absolute Gasteiger partial charge is 0.372 e. The molecule has 2 rings (SSSR count). The fourth-order valence-electron chi connectivity index (χ4n) is 2.58. The summed E-state index contributed by atoms with van der Waals surface area (Å²) < 4.78 is 51.4. The lowest BCUT2D eigenvalue weighted by Crippen LogP contribution is -2.30. The molecule has 2 aromatic rings. The van der Waals surface area contributed by atoms with E-state index in [1.807, 2.05) is 37.3 Å². The van der Waals surface area contributed by atoms with Gasteiger partial charge in [-0.25, -0.2) is 21.6 Å². The van der Waals surface area contributed by atoms with Gasteiger partial charge in [-0.15, -0.1) is 0 Å². The van der Waals surface area contributed by atoms with Crippen molar-refractivity contribution in [2.45, 2.75) is 23.1 Å². The fourth-order valence-corrected chi connectivity index (χ4v) is 5.37. The van der Waals surface area contributed by atoms with Gasteiger partial charge >= 0.3 is 0 Å². The maximum Gasteiger partial charge on any atom is 0.241 e. The molecular formula is C18H23BrN2O4S2. The molecule has 0 bridgehead atoms. The van der Waals surface area contributed by atoms with Gasteiger partial charge in [0.15, 0.2) is 9.84 Å². The highest BCUT2D eigenvalue weighted by Gasteiger charge is 2.20. The second-order valence-corrected chi connectivity index (χ2v) is 10.6. The van der Waals surface area contributed by atoms with Gasteiger partial charge in [-0.1, -0.05) is 18.2 Å². The molecule has 0 saturated carbocycles. The van der Waals surface area contributed by atoms with Crippen LogP contribution < -0.4 is 9.62 Å². The van der Waals surface area contributed by atoms with Crippen LogP contribution in [-0.2, 0) is 19.9 Å². The number of anilines is 1. The third-order valence-electron chi connectivity index (χ3n) is 4.02. The predicted molar refractivity (Wildman–Crippen MR) is 111 cm³/mol. The van der Waals surface area contributed by atoms with Crippen LogP contribution in [0.3, 0.4) is 0 Å². The molecule has 0 aliphatic carbocycles. The highest BCUT2D eigenvalue weighted by atomic mass is 79.9. The van der Waals surface area contributed by atoms with Crippen molar-refractivity contribution >= 4 is 41.5 Å². The zero-order chi connectivity index (χ0) is 20.1. The highest BCUT2D eigenvalue weighted by molar-refractivity contribution is 9.10. The molecule has 0 atom stereocenters. The molecule has 0 amide bonds. The second kappa shape index (κ2) is 9.18. The first-order valence-electron chi connectivity index (χ1n) is 8.44. The molecule has 2 aromatic carbocycles. The van der Waals surface area contributed by atoms with E-state index in [0.29, 0.717) is 17.4 Å². The summed E-state index contributed by atoms with van der Waals surface area (Å²) in [6.45, 7) is 3.82. The first kappa shape index (κ1) is 21.9. The lowest BCUT2D eigenvalue weighted by Gasteiger charge is -2.23. The maximum atomic E-state index is 12.6. The van der Waals surface area contributed by atoms with Gasteiger partial charge in [0.1, 0.15) is 0 Å². The third kappa shape index (κ3) is 6.03. The van der Waals surface area contributed by atoms with E-state index in [0.717, 1.165) is 18.5 Å². The van der Waals surface area contributed by atoms with E-state index in [1.54, 1.807) is 0 Å². The maximum absolute atomic E-state index is 12.6. The van der Waals surface area contributed by atoms with Crippen LogP contribution in [0.15, 0.2) is 62.8 Å². The van der Waals surface area contributed by atoms with E-state index in [-0.39, 0.29) is 16.3 Å². The Balaban J connectivity index is 2.03. The van der Waals surface area contributed by atoms with Crippen molar-refractivity contribution in [1.29, 1.82) is 0 Å². The van der Waals surface area contributed by atoms with Gasteiger partial charge in [0.25, 0.3) is 0 Å². The lowest BCUT2D eigenvalue weighted by atomic mass is 10.2. The number of para-hydroxylation sites is 1. The SMILES string of the molecule is CCN(CCCNS(=O)(=O)c1cc(S(C)(=O)=O)ccc1Br)c1ccccc1. The minimum Gasteiger partial charge on any atom is -0.372 e. The minimum absolute atomic E-state index is 0.0349. The van der Waals surface area contributed by atoms with Crippen LogP contribution in [0.2, 0.25) is 0 Å². The average Bonchev–Trinajstić information content (AvgIpc) is 2.61. The van der Waals surface area contributed by atoms with Crippen molar-refractivity contribution in [1.82, 2.24) is 4.72 Å². The number of nitrogens with zero attached hydrogens (tertiary/aromatic N) is 1. The summed E-state index contributed by atoms with van der Waals surface area (Å²) in [6, 6.07) is 13.9. The number of sulfone groups is 1. The van der Waals surface area contributed by atoms with Crippen molar-refractivity contribution in [3.05, 3.63) is 53.0 Å². The molecule has 6 nitrogen and oxygen atoms in total. The van der Waals surface area contributed by atoms with Crippen LogP contribution in [0.4, 0.5) is 5.69 Å². The van der Waals surface area contributed by atoms with Gasteiger partial charge in [0.2, 0.25) is 10.0 Å². The number of rotatable bonds is 9. The first-order valence-corrected chi connectivity index (χ1v) is 12.6. The standard InChI is InChI=1S/C18H23BrN2O4S2/c1-3-21(15-8-5-4-6-9-15)13-7-12-20-27(24,25)18-14-16(26(2,22)23)10-11-17(18)19/h4-6,8-11,14,20H,3,7,12-13H2,1-2H3. The summed E-state index contributed by atoms with van der Waals surface area (Å²) in [5.74, 6) is 0. The summed E-state index contributed by atoms with van der Waals surface area (Å²) in [6.07, 6.45) is 1.66. The summed E-state index contributed by atoms with van der Waals surface area (Å²) in [5, 5.41) is 0. The highest BCUT2D eigenvalue weighted by Crippen LogP contribution is 2.25. The summed E-state index contributed by atoms with van der Waals surface area (Å²) >= 11 is 3.18. The Labute approximate surface area is 169 Å².